The van der Waals surface area contributed by atoms with Crippen LogP contribution in [0.2, 0.25) is 0 Å². The Kier molecular flexibility index (Phi) is 5.81. The fourth-order valence-corrected chi connectivity index (χ4v) is 1.24. The minimum Gasteiger partial charge on any atom is -0.492 e. The summed E-state index contributed by atoms with van der Waals surface area (Å²) in [6.45, 7) is 2.33. The van der Waals surface area contributed by atoms with Gasteiger partial charge in [0.2, 0.25) is 0 Å². The highest BCUT2D eigenvalue weighted by atomic mass is 16.5. The van der Waals surface area contributed by atoms with Crippen molar-refractivity contribution in [3.05, 3.63) is 29.8 Å². The van der Waals surface area contributed by atoms with Crippen LogP contribution in [0.5, 0.6) is 5.75 Å². The summed E-state index contributed by atoms with van der Waals surface area (Å²) in [5.41, 5.74) is 1.28. The van der Waals surface area contributed by atoms with Gasteiger partial charge in [0.1, 0.15) is 12.4 Å². The van der Waals surface area contributed by atoms with E-state index in [2.05, 4.69) is 17.4 Å². The number of likely N-dealkylation sites (N-methyl/N-ethyl adjacent to an activating group) is 1. The molecule has 0 aliphatic carbocycles. The lowest BCUT2D eigenvalue weighted by Crippen LogP contribution is -2.15. The number of benzene rings is 1. The predicted octanol–water partition coefficient (Wildman–Crippen LogP) is 1.47. The van der Waals surface area contributed by atoms with Gasteiger partial charge in [-0.1, -0.05) is 12.1 Å². The summed E-state index contributed by atoms with van der Waals surface area (Å²) in [5, 5.41) is 3.04. The molecule has 0 aliphatic rings. The molecule has 0 fully saturated rings. The van der Waals surface area contributed by atoms with Crippen LogP contribution in [-0.2, 0) is 11.2 Å². The molecule has 1 rings (SSSR count). The summed E-state index contributed by atoms with van der Waals surface area (Å²) < 4.78 is 10.5. The Labute approximate surface area is 91.4 Å². The maximum atomic E-state index is 5.51. The Balaban J connectivity index is 2.35. The molecule has 0 atom stereocenters. The van der Waals surface area contributed by atoms with Crippen LogP contribution in [0.15, 0.2) is 24.3 Å². The number of nitrogens with one attached hydrogen (secondary N) is 1. The Morgan fingerprint density at radius 2 is 1.87 bits per heavy atom. The Bertz CT molecular complexity index is 259. The lowest BCUT2D eigenvalue weighted by Gasteiger charge is -2.06. The normalized spacial score (nSPS) is 10.3. The van der Waals surface area contributed by atoms with Gasteiger partial charge >= 0.3 is 0 Å². The molecular formula is C12H19NO2. The van der Waals surface area contributed by atoms with Crippen LogP contribution in [0.3, 0.4) is 0 Å². The van der Waals surface area contributed by atoms with Gasteiger partial charge in [-0.15, -0.1) is 0 Å². The van der Waals surface area contributed by atoms with Gasteiger partial charge in [0, 0.05) is 13.7 Å². The van der Waals surface area contributed by atoms with Gasteiger partial charge in [-0.3, -0.25) is 0 Å². The van der Waals surface area contributed by atoms with Gasteiger partial charge in [0.15, 0.2) is 0 Å². The number of ether oxygens (including phenoxy) is 2. The highest BCUT2D eigenvalue weighted by Crippen LogP contribution is 2.12. The first-order valence-corrected chi connectivity index (χ1v) is 5.22. The Morgan fingerprint density at radius 1 is 1.13 bits per heavy atom. The molecule has 0 spiro atoms. The van der Waals surface area contributed by atoms with E-state index in [1.54, 1.807) is 7.11 Å². The standard InChI is InChI=1S/C12H19NO2/c1-13-8-10-15-12-5-3-11(4-6-12)7-9-14-2/h3-6,13H,7-10H2,1-2H3. The van der Waals surface area contributed by atoms with Gasteiger partial charge in [0.25, 0.3) is 0 Å². The maximum absolute atomic E-state index is 5.51. The highest BCUT2D eigenvalue weighted by molar-refractivity contribution is 5.27. The van der Waals surface area contributed by atoms with Crippen molar-refractivity contribution in [3.8, 4) is 5.75 Å². The molecule has 3 heteroatoms. The molecule has 15 heavy (non-hydrogen) atoms. The first-order valence-electron chi connectivity index (χ1n) is 5.22. The molecule has 0 aliphatic heterocycles. The molecule has 1 aromatic carbocycles. The summed E-state index contributed by atoms with van der Waals surface area (Å²) in [6.07, 6.45) is 0.952. The molecule has 0 bridgehead atoms. The van der Waals surface area contributed by atoms with Crippen LogP contribution in [0.4, 0.5) is 0 Å². The minimum absolute atomic E-state index is 0.702. The van der Waals surface area contributed by atoms with Crippen LogP contribution >= 0.6 is 0 Å². The van der Waals surface area contributed by atoms with Crippen molar-refractivity contribution in [2.75, 3.05) is 33.9 Å². The fraction of sp³-hybridized carbons (Fsp3) is 0.500. The highest BCUT2D eigenvalue weighted by Gasteiger charge is 1.95. The average molecular weight is 209 g/mol. The number of hydrogen-bond acceptors (Lipinski definition) is 3. The zero-order valence-electron chi connectivity index (χ0n) is 9.45. The van der Waals surface area contributed by atoms with Crippen molar-refractivity contribution < 1.29 is 9.47 Å². The van der Waals surface area contributed by atoms with Gasteiger partial charge in [-0.2, -0.15) is 0 Å². The van der Waals surface area contributed by atoms with Crippen LogP contribution in [0, 0.1) is 0 Å². The second-order valence-electron chi connectivity index (χ2n) is 3.34. The van der Waals surface area contributed by atoms with E-state index in [-0.39, 0.29) is 0 Å². The largest absolute Gasteiger partial charge is 0.492 e. The first kappa shape index (κ1) is 12.0. The molecule has 3 nitrogen and oxygen atoms in total. The Hall–Kier alpha value is -1.06. The first-order chi connectivity index (χ1) is 7.36. The maximum Gasteiger partial charge on any atom is 0.119 e. The van der Waals surface area contributed by atoms with Crippen molar-refractivity contribution in [1.82, 2.24) is 5.32 Å². The van der Waals surface area contributed by atoms with Gasteiger partial charge < -0.3 is 14.8 Å². The lowest BCUT2D eigenvalue weighted by molar-refractivity contribution is 0.202. The van der Waals surface area contributed by atoms with Gasteiger partial charge in [0.05, 0.1) is 6.61 Å². The molecule has 0 saturated carbocycles. The molecule has 0 heterocycles. The minimum atomic E-state index is 0.702. The number of methoxy groups -OCH3 is 1. The Morgan fingerprint density at radius 3 is 2.47 bits per heavy atom. The van der Waals surface area contributed by atoms with Crippen LogP contribution in [0.1, 0.15) is 5.56 Å². The van der Waals surface area contributed by atoms with E-state index in [9.17, 15) is 0 Å². The summed E-state index contributed by atoms with van der Waals surface area (Å²) in [7, 11) is 3.63. The van der Waals surface area contributed by atoms with E-state index in [0.29, 0.717) is 6.61 Å². The van der Waals surface area contributed by atoms with E-state index >= 15 is 0 Å². The molecule has 1 aromatic rings. The quantitative estimate of drug-likeness (QED) is 0.690. The smallest absolute Gasteiger partial charge is 0.119 e. The third kappa shape index (κ3) is 4.81. The third-order valence-electron chi connectivity index (χ3n) is 2.14. The average Bonchev–Trinajstić information content (AvgIpc) is 2.28. The van der Waals surface area contributed by atoms with E-state index in [1.165, 1.54) is 5.56 Å². The molecule has 0 unspecified atom stereocenters. The SMILES string of the molecule is CNCCOc1ccc(CCOC)cc1. The van der Waals surface area contributed by atoms with E-state index in [0.717, 1.165) is 25.3 Å². The molecule has 1 N–H and O–H groups in total. The van der Waals surface area contributed by atoms with Crippen LogP contribution in [0.25, 0.3) is 0 Å². The van der Waals surface area contributed by atoms with E-state index in [1.807, 2.05) is 19.2 Å². The van der Waals surface area contributed by atoms with Crippen molar-refractivity contribution in [2.45, 2.75) is 6.42 Å². The topological polar surface area (TPSA) is 30.5 Å². The van der Waals surface area contributed by atoms with Crippen LogP contribution < -0.4 is 10.1 Å². The number of hydrogen-bond donors (Lipinski definition) is 1. The van der Waals surface area contributed by atoms with Crippen molar-refractivity contribution >= 4 is 0 Å². The zero-order chi connectivity index (χ0) is 10.9. The molecule has 0 aromatic heterocycles. The van der Waals surface area contributed by atoms with E-state index in [4.69, 9.17) is 9.47 Å². The monoisotopic (exact) mass is 209 g/mol. The van der Waals surface area contributed by atoms with Gasteiger partial charge in [-0.05, 0) is 31.2 Å². The van der Waals surface area contributed by atoms with Crippen molar-refractivity contribution in [3.63, 3.8) is 0 Å². The fourth-order valence-electron chi connectivity index (χ4n) is 1.24. The predicted molar refractivity (Wildman–Crippen MR) is 61.4 cm³/mol. The van der Waals surface area contributed by atoms with Crippen molar-refractivity contribution in [2.24, 2.45) is 0 Å². The summed E-state index contributed by atoms with van der Waals surface area (Å²) in [6, 6.07) is 8.16. The third-order valence-corrected chi connectivity index (χ3v) is 2.14. The summed E-state index contributed by atoms with van der Waals surface area (Å²) in [4.78, 5) is 0. The van der Waals surface area contributed by atoms with Gasteiger partial charge in [-0.25, -0.2) is 0 Å². The summed E-state index contributed by atoms with van der Waals surface area (Å²) >= 11 is 0. The molecule has 0 saturated heterocycles. The molecule has 0 amide bonds. The number of rotatable bonds is 7. The second-order valence-corrected chi connectivity index (χ2v) is 3.34. The zero-order valence-corrected chi connectivity index (χ0v) is 9.45. The molecule has 84 valence electrons. The van der Waals surface area contributed by atoms with Crippen LogP contribution in [-0.4, -0.2) is 33.9 Å². The molecular weight excluding hydrogens is 190 g/mol. The van der Waals surface area contributed by atoms with Crippen molar-refractivity contribution in [1.29, 1.82) is 0 Å². The van der Waals surface area contributed by atoms with E-state index < -0.39 is 0 Å². The molecule has 0 radical (unpaired) electrons. The lowest BCUT2D eigenvalue weighted by atomic mass is 10.1. The summed E-state index contributed by atoms with van der Waals surface area (Å²) in [5.74, 6) is 0.923. The second kappa shape index (κ2) is 7.26.